The van der Waals surface area contributed by atoms with Crippen molar-refractivity contribution >= 4 is 0 Å². The maximum Gasteiger partial charge on any atom is 0.0817 e. The molecule has 0 aromatic heterocycles. The van der Waals surface area contributed by atoms with Crippen LogP contribution in [0.1, 0.15) is 19.8 Å². The standard InChI is InChI=1S/C6H10N/c1-3-5-6(7)4-2/h2,6-7H,3,5H2,1H3. The number of nitrogens with one attached hydrogen (secondary N) is 1. The molecule has 1 N–H and O–H groups in total. The summed E-state index contributed by atoms with van der Waals surface area (Å²) in [5.74, 6) is 2.33. The van der Waals surface area contributed by atoms with E-state index in [4.69, 9.17) is 12.2 Å². The highest BCUT2D eigenvalue weighted by Gasteiger charge is 1.91. The van der Waals surface area contributed by atoms with Gasteiger partial charge < -0.3 is 0 Å². The monoisotopic (exact) mass is 96.1 g/mol. The summed E-state index contributed by atoms with van der Waals surface area (Å²) in [5, 5.41) is 0. The molecule has 1 nitrogen and oxygen atoms in total. The van der Waals surface area contributed by atoms with Crippen molar-refractivity contribution in [3.63, 3.8) is 0 Å². The van der Waals surface area contributed by atoms with Gasteiger partial charge in [0.15, 0.2) is 0 Å². The van der Waals surface area contributed by atoms with Gasteiger partial charge in [0.05, 0.1) is 6.04 Å². The van der Waals surface area contributed by atoms with Crippen molar-refractivity contribution in [2.75, 3.05) is 0 Å². The first-order valence-electron chi connectivity index (χ1n) is 2.48. The summed E-state index contributed by atoms with van der Waals surface area (Å²) in [4.78, 5) is 0. The Morgan fingerprint density at radius 3 is 2.57 bits per heavy atom. The lowest BCUT2D eigenvalue weighted by Crippen LogP contribution is -2.02. The molecule has 0 amide bonds. The molecule has 1 unspecified atom stereocenters. The van der Waals surface area contributed by atoms with Gasteiger partial charge in [-0.25, -0.2) is 5.73 Å². The smallest absolute Gasteiger partial charge is 0.0817 e. The van der Waals surface area contributed by atoms with Gasteiger partial charge in [0.2, 0.25) is 0 Å². The van der Waals surface area contributed by atoms with Gasteiger partial charge in [-0.3, -0.25) is 0 Å². The first-order chi connectivity index (χ1) is 3.31. The molecule has 7 heavy (non-hydrogen) atoms. The van der Waals surface area contributed by atoms with Crippen molar-refractivity contribution in [3.05, 3.63) is 0 Å². The Kier molecular flexibility index (Phi) is 3.45. The molecule has 0 saturated heterocycles. The molecule has 0 aliphatic rings. The Labute approximate surface area is 44.9 Å². The van der Waals surface area contributed by atoms with Gasteiger partial charge in [0.1, 0.15) is 0 Å². The summed E-state index contributed by atoms with van der Waals surface area (Å²) in [5.41, 5.74) is 6.98. The topological polar surface area (TPSA) is 23.8 Å². The van der Waals surface area contributed by atoms with Gasteiger partial charge in [-0.1, -0.05) is 19.3 Å². The van der Waals surface area contributed by atoms with Crippen molar-refractivity contribution in [2.45, 2.75) is 25.8 Å². The summed E-state index contributed by atoms with van der Waals surface area (Å²) in [6.45, 7) is 2.03. The highest BCUT2D eigenvalue weighted by molar-refractivity contribution is 4.95. The van der Waals surface area contributed by atoms with E-state index in [1.807, 2.05) is 6.92 Å². The van der Waals surface area contributed by atoms with Gasteiger partial charge in [-0.05, 0) is 6.42 Å². The summed E-state index contributed by atoms with van der Waals surface area (Å²) in [7, 11) is 0. The van der Waals surface area contributed by atoms with E-state index in [0.717, 1.165) is 12.8 Å². The van der Waals surface area contributed by atoms with E-state index in [0.29, 0.717) is 0 Å². The number of rotatable bonds is 2. The molecule has 39 valence electrons. The maximum absolute atomic E-state index is 6.98. The molecule has 1 atom stereocenters. The fourth-order valence-electron chi connectivity index (χ4n) is 0.372. The second kappa shape index (κ2) is 3.70. The van der Waals surface area contributed by atoms with Crippen molar-refractivity contribution < 1.29 is 0 Å². The third kappa shape index (κ3) is 3.35. The maximum atomic E-state index is 6.98. The molecule has 0 aliphatic heterocycles. The van der Waals surface area contributed by atoms with Crippen LogP contribution in [-0.2, 0) is 0 Å². The van der Waals surface area contributed by atoms with Crippen LogP contribution < -0.4 is 5.73 Å². The van der Waals surface area contributed by atoms with Crippen LogP contribution in [0.2, 0.25) is 0 Å². The van der Waals surface area contributed by atoms with E-state index >= 15 is 0 Å². The van der Waals surface area contributed by atoms with E-state index in [1.54, 1.807) is 0 Å². The van der Waals surface area contributed by atoms with Crippen molar-refractivity contribution in [1.29, 1.82) is 0 Å². The molecule has 1 radical (unpaired) electrons. The first-order valence-corrected chi connectivity index (χ1v) is 2.48. The van der Waals surface area contributed by atoms with Crippen LogP contribution in [-0.4, -0.2) is 6.04 Å². The Morgan fingerprint density at radius 1 is 1.86 bits per heavy atom. The SMILES string of the molecule is C#CC([NH])CCC. The summed E-state index contributed by atoms with van der Waals surface area (Å²) >= 11 is 0. The molecule has 0 aliphatic carbocycles. The van der Waals surface area contributed by atoms with Gasteiger partial charge in [-0.2, -0.15) is 0 Å². The van der Waals surface area contributed by atoms with Crippen LogP contribution in [0.4, 0.5) is 0 Å². The van der Waals surface area contributed by atoms with Crippen LogP contribution >= 0.6 is 0 Å². The molecule has 0 bridgehead atoms. The molecule has 0 heterocycles. The molecule has 1 heteroatoms. The van der Waals surface area contributed by atoms with Crippen LogP contribution in [0.15, 0.2) is 0 Å². The van der Waals surface area contributed by atoms with Gasteiger partial charge >= 0.3 is 0 Å². The fraction of sp³-hybridized carbons (Fsp3) is 0.667. The third-order valence-electron chi connectivity index (χ3n) is 0.779. The zero-order valence-electron chi connectivity index (χ0n) is 4.57. The Balaban J connectivity index is 3.04. The van der Waals surface area contributed by atoms with Crippen LogP contribution in [0.3, 0.4) is 0 Å². The molecule has 0 saturated carbocycles. The Hall–Kier alpha value is -0.480. The molecule has 0 fully saturated rings. The predicted octanol–water partition coefficient (Wildman–Crippen LogP) is 1.07. The van der Waals surface area contributed by atoms with Gasteiger partial charge in [0.25, 0.3) is 0 Å². The molecule has 0 aromatic carbocycles. The average Bonchev–Trinajstić information content (AvgIpc) is 1.68. The first kappa shape index (κ1) is 6.52. The normalized spacial score (nSPS) is 12.7. The average molecular weight is 96.2 g/mol. The van der Waals surface area contributed by atoms with E-state index in [9.17, 15) is 0 Å². The van der Waals surface area contributed by atoms with Crippen LogP contribution in [0.5, 0.6) is 0 Å². The minimum absolute atomic E-state index is 0.273. The quantitative estimate of drug-likeness (QED) is 0.459. The lowest BCUT2D eigenvalue weighted by atomic mass is 10.2. The summed E-state index contributed by atoms with van der Waals surface area (Å²) in [6.07, 6.45) is 6.76. The summed E-state index contributed by atoms with van der Waals surface area (Å²) in [6, 6.07) is -0.273. The largest absolute Gasteiger partial charge is 0.242 e. The summed E-state index contributed by atoms with van der Waals surface area (Å²) < 4.78 is 0. The zero-order chi connectivity index (χ0) is 5.70. The van der Waals surface area contributed by atoms with Gasteiger partial charge in [0, 0.05) is 0 Å². The number of hydrogen-bond acceptors (Lipinski definition) is 0. The second-order valence-corrected chi connectivity index (χ2v) is 1.51. The molecule has 0 spiro atoms. The second-order valence-electron chi connectivity index (χ2n) is 1.51. The minimum atomic E-state index is -0.273. The predicted molar refractivity (Wildman–Crippen MR) is 30.6 cm³/mol. The van der Waals surface area contributed by atoms with E-state index < -0.39 is 0 Å². The highest BCUT2D eigenvalue weighted by Crippen LogP contribution is 1.90. The van der Waals surface area contributed by atoms with Crippen molar-refractivity contribution in [2.24, 2.45) is 0 Å². The van der Waals surface area contributed by atoms with Crippen molar-refractivity contribution in [1.82, 2.24) is 5.73 Å². The third-order valence-corrected chi connectivity index (χ3v) is 0.779. The number of hydrogen-bond donors (Lipinski definition) is 0. The lowest BCUT2D eigenvalue weighted by molar-refractivity contribution is 0.704. The van der Waals surface area contributed by atoms with Gasteiger partial charge in [-0.15, -0.1) is 6.42 Å². The molecular weight excluding hydrogens is 86.1 g/mol. The highest BCUT2D eigenvalue weighted by atomic mass is 14.6. The molecular formula is C6H10N. The van der Waals surface area contributed by atoms with Crippen LogP contribution in [0, 0.1) is 12.3 Å². The minimum Gasteiger partial charge on any atom is -0.242 e. The molecule has 0 aromatic rings. The van der Waals surface area contributed by atoms with Crippen molar-refractivity contribution in [3.8, 4) is 12.3 Å². The van der Waals surface area contributed by atoms with E-state index in [1.165, 1.54) is 0 Å². The molecule has 0 rings (SSSR count). The van der Waals surface area contributed by atoms with Crippen LogP contribution in [0.25, 0.3) is 0 Å². The zero-order valence-corrected chi connectivity index (χ0v) is 4.57. The van der Waals surface area contributed by atoms with E-state index in [-0.39, 0.29) is 6.04 Å². The van der Waals surface area contributed by atoms with E-state index in [2.05, 4.69) is 5.92 Å². The Morgan fingerprint density at radius 2 is 2.43 bits per heavy atom. The Bertz CT molecular complexity index is 70.7. The lowest BCUT2D eigenvalue weighted by Gasteiger charge is -1.94. The number of terminal acetylenes is 1. The fourth-order valence-corrected chi connectivity index (χ4v) is 0.372.